The zero-order valence-corrected chi connectivity index (χ0v) is 19.6. The van der Waals surface area contributed by atoms with Gasteiger partial charge in [0.1, 0.15) is 4.21 Å². The molecule has 0 spiro atoms. The van der Waals surface area contributed by atoms with Crippen molar-refractivity contribution in [3.8, 4) is 11.5 Å². The van der Waals surface area contributed by atoms with Gasteiger partial charge in [0, 0.05) is 26.1 Å². The van der Waals surface area contributed by atoms with Gasteiger partial charge in [0.05, 0.1) is 25.2 Å². The minimum Gasteiger partial charge on any atom is -0.490 e. The highest BCUT2D eigenvalue weighted by Gasteiger charge is 2.39. The number of sulfonamides is 1. The third-order valence-electron chi connectivity index (χ3n) is 6.51. The summed E-state index contributed by atoms with van der Waals surface area (Å²) in [6.07, 6.45) is 4.11. The SMILES string of the molecule is O=C([C@@H]1CCCN(S(=O)(=O)c2cccs2)C1)N1CCC[C@H]1c1ccc2c(c1)OCCCO2. The molecule has 7 nitrogen and oxygen atoms in total. The molecule has 3 aliphatic heterocycles. The maximum atomic E-state index is 13.5. The van der Waals surface area contributed by atoms with Crippen LogP contribution >= 0.6 is 11.3 Å². The smallest absolute Gasteiger partial charge is 0.252 e. The van der Waals surface area contributed by atoms with Crippen LogP contribution < -0.4 is 9.47 Å². The molecule has 0 saturated carbocycles. The van der Waals surface area contributed by atoms with Crippen molar-refractivity contribution in [2.75, 3.05) is 32.8 Å². The van der Waals surface area contributed by atoms with Crippen LogP contribution in [0.1, 0.15) is 43.7 Å². The van der Waals surface area contributed by atoms with Crippen LogP contribution in [-0.4, -0.2) is 56.4 Å². The van der Waals surface area contributed by atoms with Gasteiger partial charge in [-0.25, -0.2) is 8.42 Å². The Kier molecular flexibility index (Phi) is 6.14. The zero-order valence-electron chi connectivity index (χ0n) is 17.9. The predicted molar refractivity (Wildman–Crippen MR) is 122 cm³/mol. The van der Waals surface area contributed by atoms with Crippen molar-refractivity contribution < 1.29 is 22.7 Å². The first-order valence-electron chi connectivity index (χ1n) is 11.3. The number of ether oxygens (including phenoxy) is 2. The van der Waals surface area contributed by atoms with E-state index in [-0.39, 0.29) is 24.4 Å². The second-order valence-corrected chi connectivity index (χ2v) is 11.7. The Morgan fingerprint density at radius 3 is 2.62 bits per heavy atom. The van der Waals surface area contributed by atoms with Crippen molar-refractivity contribution in [1.29, 1.82) is 0 Å². The van der Waals surface area contributed by atoms with Crippen LogP contribution in [0.3, 0.4) is 0 Å². The van der Waals surface area contributed by atoms with Gasteiger partial charge in [-0.3, -0.25) is 4.79 Å². The summed E-state index contributed by atoms with van der Waals surface area (Å²) >= 11 is 1.22. The van der Waals surface area contributed by atoms with E-state index in [9.17, 15) is 13.2 Å². The molecule has 9 heteroatoms. The Morgan fingerprint density at radius 2 is 1.81 bits per heavy atom. The van der Waals surface area contributed by atoms with E-state index in [1.54, 1.807) is 17.5 Å². The molecule has 2 atom stereocenters. The van der Waals surface area contributed by atoms with E-state index in [0.29, 0.717) is 36.9 Å². The highest BCUT2D eigenvalue weighted by atomic mass is 32.2. The first-order valence-corrected chi connectivity index (χ1v) is 13.6. The summed E-state index contributed by atoms with van der Waals surface area (Å²) in [7, 11) is -3.54. The molecule has 0 unspecified atom stereocenters. The van der Waals surface area contributed by atoms with Crippen LogP contribution in [0.4, 0.5) is 0 Å². The lowest BCUT2D eigenvalue weighted by Gasteiger charge is -2.35. The highest BCUT2D eigenvalue weighted by Crippen LogP contribution is 2.39. The maximum absolute atomic E-state index is 13.5. The quantitative estimate of drug-likeness (QED) is 0.673. The number of nitrogens with zero attached hydrogens (tertiary/aromatic N) is 2. The highest BCUT2D eigenvalue weighted by molar-refractivity contribution is 7.91. The molecule has 0 aliphatic carbocycles. The lowest BCUT2D eigenvalue weighted by atomic mass is 9.96. The van der Waals surface area contributed by atoms with Crippen molar-refractivity contribution in [3.63, 3.8) is 0 Å². The number of carbonyl (C=O) groups is 1. The average Bonchev–Trinajstić information content (AvgIpc) is 3.48. The molecule has 1 amide bonds. The number of benzene rings is 1. The van der Waals surface area contributed by atoms with Gasteiger partial charge in [0.15, 0.2) is 11.5 Å². The van der Waals surface area contributed by atoms with Gasteiger partial charge in [0.2, 0.25) is 5.91 Å². The van der Waals surface area contributed by atoms with Gasteiger partial charge in [-0.05, 0) is 54.8 Å². The Balaban J connectivity index is 1.33. The molecule has 1 aromatic heterocycles. The molecule has 1 aromatic carbocycles. The Hall–Kier alpha value is -2.10. The lowest BCUT2D eigenvalue weighted by Crippen LogP contribution is -2.46. The molecule has 0 bridgehead atoms. The zero-order chi connectivity index (χ0) is 22.1. The van der Waals surface area contributed by atoms with E-state index in [4.69, 9.17) is 9.47 Å². The second-order valence-electron chi connectivity index (χ2n) is 8.58. The van der Waals surface area contributed by atoms with E-state index >= 15 is 0 Å². The fraction of sp³-hybridized carbons (Fsp3) is 0.522. The second kappa shape index (κ2) is 9.03. The first-order chi connectivity index (χ1) is 15.5. The van der Waals surface area contributed by atoms with Crippen LogP contribution in [0.15, 0.2) is 39.9 Å². The standard InChI is InChI=1S/C23H28N2O5S2/c26-23(18-5-1-10-24(16-18)32(27,28)22-7-3-14-31-22)25-11-2-6-19(25)17-8-9-20-21(15-17)30-13-4-12-29-20/h3,7-9,14-15,18-19H,1-2,4-6,10-13,16H2/t18-,19+/m1/s1. The summed E-state index contributed by atoms with van der Waals surface area (Å²) < 4.78 is 39.4. The average molecular weight is 477 g/mol. The van der Waals surface area contributed by atoms with Gasteiger partial charge in [-0.1, -0.05) is 12.1 Å². The molecule has 0 N–H and O–H groups in total. The van der Waals surface area contributed by atoms with Crippen molar-refractivity contribution in [2.45, 2.75) is 42.4 Å². The van der Waals surface area contributed by atoms with E-state index in [0.717, 1.165) is 42.7 Å². The molecule has 5 rings (SSSR count). The molecule has 2 saturated heterocycles. The number of likely N-dealkylation sites (tertiary alicyclic amines) is 1. The molecular weight excluding hydrogens is 448 g/mol. The van der Waals surface area contributed by atoms with Gasteiger partial charge >= 0.3 is 0 Å². The minimum atomic E-state index is -3.54. The van der Waals surface area contributed by atoms with Crippen LogP contribution in [-0.2, 0) is 14.8 Å². The summed E-state index contributed by atoms with van der Waals surface area (Å²) in [5.74, 6) is 1.25. The number of hydrogen-bond acceptors (Lipinski definition) is 6. The summed E-state index contributed by atoms with van der Waals surface area (Å²) in [4.78, 5) is 15.5. The predicted octanol–water partition coefficient (Wildman–Crippen LogP) is 3.67. The number of amides is 1. The van der Waals surface area contributed by atoms with Crippen LogP contribution in [0.2, 0.25) is 0 Å². The Bertz CT molecular complexity index is 1070. The first kappa shape index (κ1) is 21.7. The minimum absolute atomic E-state index is 0.0102. The van der Waals surface area contributed by atoms with Crippen LogP contribution in [0.5, 0.6) is 11.5 Å². The number of thiophene rings is 1. The van der Waals surface area contributed by atoms with E-state index in [2.05, 4.69) is 0 Å². The summed E-state index contributed by atoms with van der Waals surface area (Å²) in [6, 6.07) is 9.33. The van der Waals surface area contributed by atoms with Crippen molar-refractivity contribution >= 4 is 27.3 Å². The molecule has 32 heavy (non-hydrogen) atoms. The molecular formula is C23H28N2O5S2. The van der Waals surface area contributed by atoms with Gasteiger partial charge in [-0.2, -0.15) is 4.31 Å². The van der Waals surface area contributed by atoms with E-state index in [1.807, 2.05) is 23.1 Å². The number of rotatable bonds is 4. The number of carbonyl (C=O) groups excluding carboxylic acids is 1. The monoisotopic (exact) mass is 476 g/mol. The van der Waals surface area contributed by atoms with Gasteiger partial charge in [0.25, 0.3) is 10.0 Å². The summed E-state index contributed by atoms with van der Waals surface area (Å²) in [6.45, 7) is 2.69. The Labute approximate surface area is 193 Å². The number of fused-ring (bicyclic) bond motifs is 1. The van der Waals surface area contributed by atoms with E-state index < -0.39 is 10.0 Å². The van der Waals surface area contributed by atoms with Crippen LogP contribution in [0, 0.1) is 5.92 Å². The third-order valence-corrected chi connectivity index (χ3v) is 9.75. The van der Waals surface area contributed by atoms with Crippen molar-refractivity contribution in [2.24, 2.45) is 5.92 Å². The van der Waals surface area contributed by atoms with Crippen LogP contribution in [0.25, 0.3) is 0 Å². The summed E-state index contributed by atoms with van der Waals surface area (Å²) in [5, 5.41) is 1.77. The fourth-order valence-corrected chi connectivity index (χ4v) is 7.57. The third kappa shape index (κ3) is 4.13. The molecule has 172 valence electrons. The normalized spacial score (nSPS) is 24.3. The molecule has 2 fully saturated rings. The number of piperidine rings is 1. The molecule has 4 heterocycles. The topological polar surface area (TPSA) is 76.2 Å². The van der Waals surface area contributed by atoms with Crippen molar-refractivity contribution in [1.82, 2.24) is 9.21 Å². The van der Waals surface area contributed by atoms with Crippen molar-refractivity contribution in [3.05, 3.63) is 41.3 Å². The van der Waals surface area contributed by atoms with E-state index in [1.165, 1.54) is 15.6 Å². The van der Waals surface area contributed by atoms with Gasteiger partial charge < -0.3 is 14.4 Å². The van der Waals surface area contributed by atoms with Gasteiger partial charge in [-0.15, -0.1) is 11.3 Å². The molecule has 0 radical (unpaired) electrons. The molecule has 2 aromatic rings. The number of hydrogen-bond donors (Lipinski definition) is 0. The summed E-state index contributed by atoms with van der Waals surface area (Å²) in [5.41, 5.74) is 1.05. The lowest BCUT2D eigenvalue weighted by molar-refractivity contribution is -0.137. The molecule has 3 aliphatic rings. The Morgan fingerprint density at radius 1 is 1.00 bits per heavy atom. The maximum Gasteiger partial charge on any atom is 0.252 e. The largest absolute Gasteiger partial charge is 0.490 e. The fourth-order valence-electron chi connectivity index (χ4n) is 4.90.